The van der Waals surface area contributed by atoms with Gasteiger partial charge in [-0.15, -0.1) is 0 Å². The van der Waals surface area contributed by atoms with Gasteiger partial charge < -0.3 is 15.1 Å². The Bertz CT molecular complexity index is 279. The lowest BCUT2D eigenvalue weighted by Gasteiger charge is -2.22. The number of carbonyl (C=O) groups excluding carboxylic acids is 2. The van der Waals surface area contributed by atoms with Crippen molar-refractivity contribution in [3.8, 4) is 0 Å². The third-order valence-corrected chi connectivity index (χ3v) is 2.96. The Balaban J connectivity index is 2.40. The molecule has 0 aromatic heterocycles. The minimum atomic E-state index is 0.0969. The van der Waals surface area contributed by atoms with Crippen LogP contribution in [0, 0.1) is 0 Å². The van der Waals surface area contributed by atoms with Gasteiger partial charge in [-0.05, 0) is 6.42 Å². The van der Waals surface area contributed by atoms with Crippen molar-refractivity contribution in [2.24, 2.45) is 0 Å². The zero-order chi connectivity index (χ0) is 12.8. The second kappa shape index (κ2) is 6.59. The Morgan fingerprint density at radius 3 is 2.29 bits per heavy atom. The summed E-state index contributed by atoms with van der Waals surface area (Å²) in [5, 5.41) is 3.13. The van der Waals surface area contributed by atoms with Crippen molar-refractivity contribution >= 4 is 11.8 Å². The van der Waals surface area contributed by atoms with E-state index in [0.29, 0.717) is 25.7 Å². The number of carbonyl (C=O) groups is 2. The molecule has 1 rings (SSSR count). The lowest BCUT2D eigenvalue weighted by atomic mass is 10.3. The molecule has 5 heteroatoms. The molecule has 0 saturated carbocycles. The van der Waals surface area contributed by atoms with E-state index in [2.05, 4.69) is 5.32 Å². The van der Waals surface area contributed by atoms with Crippen LogP contribution in [0.3, 0.4) is 0 Å². The fraction of sp³-hybridized carbons (Fsp3) is 0.833. The molecule has 17 heavy (non-hydrogen) atoms. The van der Waals surface area contributed by atoms with Crippen molar-refractivity contribution in [3.63, 3.8) is 0 Å². The van der Waals surface area contributed by atoms with Crippen molar-refractivity contribution < 1.29 is 9.59 Å². The van der Waals surface area contributed by atoms with Crippen LogP contribution in [0.1, 0.15) is 27.2 Å². The summed E-state index contributed by atoms with van der Waals surface area (Å²) < 4.78 is 0. The van der Waals surface area contributed by atoms with Gasteiger partial charge in [-0.2, -0.15) is 0 Å². The van der Waals surface area contributed by atoms with Crippen LogP contribution in [-0.2, 0) is 9.59 Å². The quantitative estimate of drug-likeness (QED) is 0.760. The van der Waals surface area contributed by atoms with Crippen molar-refractivity contribution in [3.05, 3.63) is 0 Å². The molecule has 0 spiro atoms. The molecule has 0 bridgehead atoms. The van der Waals surface area contributed by atoms with E-state index in [1.165, 1.54) is 0 Å². The topological polar surface area (TPSA) is 52.7 Å². The maximum absolute atomic E-state index is 11.9. The van der Waals surface area contributed by atoms with Crippen molar-refractivity contribution in [2.45, 2.75) is 33.2 Å². The second-order valence-electron chi connectivity index (χ2n) is 4.78. The summed E-state index contributed by atoms with van der Waals surface area (Å²) in [4.78, 5) is 26.8. The average molecular weight is 241 g/mol. The molecule has 1 N–H and O–H groups in total. The molecule has 0 radical (unpaired) electrons. The van der Waals surface area contributed by atoms with Gasteiger partial charge in [0.1, 0.15) is 0 Å². The molecule has 1 saturated heterocycles. The molecule has 1 aliphatic heterocycles. The van der Waals surface area contributed by atoms with Gasteiger partial charge in [0.15, 0.2) is 0 Å². The van der Waals surface area contributed by atoms with Gasteiger partial charge in [0.05, 0.1) is 6.54 Å². The number of amides is 2. The number of nitrogens with one attached hydrogen (secondary N) is 1. The highest BCUT2D eigenvalue weighted by Crippen LogP contribution is 2.03. The first-order chi connectivity index (χ1) is 8.00. The predicted octanol–water partition coefficient (Wildman–Crippen LogP) is 0.0652. The summed E-state index contributed by atoms with van der Waals surface area (Å²) in [5.74, 6) is 0.226. The molecule has 1 heterocycles. The van der Waals surface area contributed by atoms with Crippen LogP contribution < -0.4 is 5.32 Å². The van der Waals surface area contributed by atoms with E-state index in [0.717, 1.165) is 19.5 Å². The highest BCUT2D eigenvalue weighted by Gasteiger charge is 2.19. The number of hydrogen-bond donors (Lipinski definition) is 1. The van der Waals surface area contributed by atoms with Gasteiger partial charge in [-0.25, -0.2) is 0 Å². The van der Waals surface area contributed by atoms with Crippen molar-refractivity contribution in [1.82, 2.24) is 15.1 Å². The first kappa shape index (κ1) is 14.0. The summed E-state index contributed by atoms with van der Waals surface area (Å²) in [6, 6.07) is 0.319. The van der Waals surface area contributed by atoms with Gasteiger partial charge in [0, 0.05) is 39.1 Å². The minimum Gasteiger partial charge on any atom is -0.341 e. The maximum Gasteiger partial charge on any atom is 0.236 e. The average Bonchev–Trinajstić information content (AvgIpc) is 2.51. The monoisotopic (exact) mass is 241 g/mol. The zero-order valence-electron chi connectivity index (χ0n) is 11.0. The van der Waals surface area contributed by atoms with Gasteiger partial charge >= 0.3 is 0 Å². The van der Waals surface area contributed by atoms with Crippen LogP contribution in [0.2, 0.25) is 0 Å². The minimum absolute atomic E-state index is 0.0969. The predicted molar refractivity (Wildman–Crippen MR) is 66.6 cm³/mol. The highest BCUT2D eigenvalue weighted by molar-refractivity contribution is 5.78. The third kappa shape index (κ3) is 4.73. The SMILES string of the molecule is CC(=O)N1CCCN(C(=O)CNC(C)C)CC1. The molecule has 0 unspecified atom stereocenters. The Kier molecular flexibility index (Phi) is 5.41. The van der Waals surface area contributed by atoms with E-state index in [1.54, 1.807) is 6.92 Å². The summed E-state index contributed by atoms with van der Waals surface area (Å²) in [6.07, 6.45) is 0.868. The van der Waals surface area contributed by atoms with Crippen molar-refractivity contribution in [1.29, 1.82) is 0 Å². The van der Waals surface area contributed by atoms with E-state index in [-0.39, 0.29) is 11.8 Å². The van der Waals surface area contributed by atoms with E-state index >= 15 is 0 Å². The third-order valence-electron chi connectivity index (χ3n) is 2.96. The summed E-state index contributed by atoms with van der Waals surface area (Å²) in [7, 11) is 0. The van der Waals surface area contributed by atoms with E-state index < -0.39 is 0 Å². The van der Waals surface area contributed by atoms with E-state index in [4.69, 9.17) is 0 Å². The fourth-order valence-electron chi connectivity index (χ4n) is 1.88. The van der Waals surface area contributed by atoms with Gasteiger partial charge in [0.25, 0.3) is 0 Å². The zero-order valence-corrected chi connectivity index (χ0v) is 11.0. The number of rotatable bonds is 3. The van der Waals surface area contributed by atoms with Gasteiger partial charge in [0.2, 0.25) is 11.8 Å². The molecule has 1 fully saturated rings. The normalized spacial score (nSPS) is 17.2. The second-order valence-corrected chi connectivity index (χ2v) is 4.78. The van der Waals surface area contributed by atoms with Crippen LogP contribution in [0.5, 0.6) is 0 Å². The standard InChI is InChI=1S/C12H23N3O2/c1-10(2)13-9-12(17)15-6-4-5-14(7-8-15)11(3)16/h10,13H,4-9H2,1-3H3. The summed E-state index contributed by atoms with van der Waals surface area (Å²) in [5.41, 5.74) is 0. The van der Waals surface area contributed by atoms with Crippen LogP contribution >= 0.6 is 0 Å². The summed E-state index contributed by atoms with van der Waals surface area (Å²) in [6.45, 7) is 8.83. The fourth-order valence-corrected chi connectivity index (χ4v) is 1.88. The molecule has 0 aromatic carbocycles. The number of hydrogen-bond acceptors (Lipinski definition) is 3. The number of nitrogens with zero attached hydrogens (tertiary/aromatic N) is 2. The molecule has 1 aliphatic rings. The first-order valence-electron chi connectivity index (χ1n) is 6.27. The van der Waals surface area contributed by atoms with Gasteiger partial charge in [-0.1, -0.05) is 13.8 Å². The molecule has 2 amide bonds. The molecule has 98 valence electrons. The maximum atomic E-state index is 11.9. The van der Waals surface area contributed by atoms with E-state index in [9.17, 15) is 9.59 Å². The molecule has 0 aliphatic carbocycles. The lowest BCUT2D eigenvalue weighted by Crippen LogP contribution is -2.42. The Labute approximate surface area is 103 Å². The van der Waals surface area contributed by atoms with Crippen LogP contribution in [0.4, 0.5) is 0 Å². The molecular weight excluding hydrogens is 218 g/mol. The van der Waals surface area contributed by atoms with Crippen molar-refractivity contribution in [2.75, 3.05) is 32.7 Å². The van der Waals surface area contributed by atoms with E-state index in [1.807, 2.05) is 23.6 Å². The largest absolute Gasteiger partial charge is 0.341 e. The van der Waals surface area contributed by atoms with Gasteiger partial charge in [-0.3, -0.25) is 9.59 Å². The van der Waals surface area contributed by atoms with Crippen LogP contribution in [0.25, 0.3) is 0 Å². The highest BCUT2D eigenvalue weighted by atomic mass is 16.2. The summed E-state index contributed by atoms with van der Waals surface area (Å²) >= 11 is 0. The molecular formula is C12H23N3O2. The van der Waals surface area contributed by atoms with Crippen LogP contribution in [-0.4, -0.2) is 60.4 Å². The Hall–Kier alpha value is -1.10. The molecule has 5 nitrogen and oxygen atoms in total. The smallest absolute Gasteiger partial charge is 0.236 e. The Morgan fingerprint density at radius 1 is 1.12 bits per heavy atom. The molecule has 0 atom stereocenters. The Morgan fingerprint density at radius 2 is 1.71 bits per heavy atom. The van der Waals surface area contributed by atoms with Crippen LogP contribution in [0.15, 0.2) is 0 Å². The molecule has 0 aromatic rings. The lowest BCUT2D eigenvalue weighted by molar-refractivity contribution is -0.132. The first-order valence-corrected chi connectivity index (χ1v) is 6.27.